The van der Waals surface area contributed by atoms with Crippen molar-refractivity contribution in [2.45, 2.75) is 46.6 Å². The van der Waals surface area contributed by atoms with Gasteiger partial charge in [-0.05, 0) is 36.0 Å². The molecule has 1 aromatic carbocycles. The summed E-state index contributed by atoms with van der Waals surface area (Å²) in [4.78, 5) is 4.24. The fraction of sp³-hybridized carbons (Fsp3) is 0.524. The van der Waals surface area contributed by atoms with Crippen LogP contribution in [0.1, 0.15) is 50.6 Å². The van der Waals surface area contributed by atoms with E-state index in [1.807, 2.05) is 18.2 Å². The van der Waals surface area contributed by atoms with Gasteiger partial charge in [0.2, 0.25) is 0 Å². The molecule has 28 heavy (non-hydrogen) atoms. The van der Waals surface area contributed by atoms with Gasteiger partial charge in [0, 0.05) is 19.7 Å². The molecule has 0 aliphatic rings. The van der Waals surface area contributed by atoms with E-state index in [0.717, 1.165) is 42.7 Å². The van der Waals surface area contributed by atoms with Gasteiger partial charge in [0.05, 0.1) is 18.8 Å². The highest BCUT2D eigenvalue weighted by Crippen LogP contribution is 2.14. The number of aliphatic imine (C=N–C) groups is 1. The molecule has 0 amide bonds. The normalized spacial score (nSPS) is 11.5. The first-order valence-corrected chi connectivity index (χ1v) is 9.59. The Hall–Kier alpha value is -1.77. The SMILES string of the molecule is CN=C(NCCc1ccc(OCC(C)C)cc1)NCc1cc(C(C)C)no1.I. The van der Waals surface area contributed by atoms with Crippen LogP contribution in [0, 0.1) is 5.92 Å². The smallest absolute Gasteiger partial charge is 0.191 e. The molecule has 2 rings (SSSR count). The molecule has 0 saturated carbocycles. The Kier molecular flexibility index (Phi) is 11.0. The first-order chi connectivity index (χ1) is 13.0. The molecule has 0 saturated heterocycles. The summed E-state index contributed by atoms with van der Waals surface area (Å²) < 4.78 is 11.0. The zero-order chi connectivity index (χ0) is 19.6. The summed E-state index contributed by atoms with van der Waals surface area (Å²) in [6, 6.07) is 10.3. The number of benzene rings is 1. The molecular formula is C21H33IN4O2. The zero-order valence-electron chi connectivity index (χ0n) is 17.5. The first-order valence-electron chi connectivity index (χ1n) is 9.59. The quantitative estimate of drug-likeness (QED) is 0.304. The second kappa shape index (κ2) is 12.6. The Balaban J connectivity index is 0.00000392. The van der Waals surface area contributed by atoms with Crippen LogP contribution < -0.4 is 15.4 Å². The lowest BCUT2D eigenvalue weighted by Gasteiger charge is -2.11. The standard InChI is InChI=1S/C21H32N4O2.HI/c1-15(2)14-26-18-8-6-17(7-9-18)10-11-23-21(22-5)24-13-19-12-20(16(3)4)25-27-19;/h6-9,12,15-16H,10-11,13-14H2,1-5H3,(H2,22,23,24);1H. The van der Waals surface area contributed by atoms with Crippen LogP contribution in [0.2, 0.25) is 0 Å². The van der Waals surface area contributed by atoms with E-state index in [1.54, 1.807) is 7.05 Å². The van der Waals surface area contributed by atoms with E-state index >= 15 is 0 Å². The van der Waals surface area contributed by atoms with Crippen LogP contribution in [0.15, 0.2) is 39.8 Å². The van der Waals surface area contributed by atoms with Crippen molar-refractivity contribution in [2.75, 3.05) is 20.2 Å². The van der Waals surface area contributed by atoms with Crippen molar-refractivity contribution in [1.29, 1.82) is 0 Å². The van der Waals surface area contributed by atoms with Crippen LogP contribution in [0.3, 0.4) is 0 Å². The van der Waals surface area contributed by atoms with E-state index in [0.29, 0.717) is 18.4 Å². The monoisotopic (exact) mass is 500 g/mol. The van der Waals surface area contributed by atoms with Crippen molar-refractivity contribution in [3.63, 3.8) is 0 Å². The van der Waals surface area contributed by atoms with E-state index < -0.39 is 0 Å². The molecule has 0 spiro atoms. The average Bonchev–Trinajstić information content (AvgIpc) is 3.13. The maximum Gasteiger partial charge on any atom is 0.191 e. The van der Waals surface area contributed by atoms with E-state index in [-0.39, 0.29) is 24.0 Å². The number of ether oxygens (including phenoxy) is 1. The van der Waals surface area contributed by atoms with Crippen LogP contribution in [-0.2, 0) is 13.0 Å². The minimum Gasteiger partial charge on any atom is -0.493 e. The van der Waals surface area contributed by atoms with Crippen molar-refractivity contribution >= 4 is 29.9 Å². The van der Waals surface area contributed by atoms with E-state index in [2.05, 4.69) is 60.6 Å². The molecule has 156 valence electrons. The fourth-order valence-electron chi connectivity index (χ4n) is 2.42. The highest BCUT2D eigenvalue weighted by molar-refractivity contribution is 14.0. The molecule has 2 aromatic rings. The second-order valence-corrected chi connectivity index (χ2v) is 7.32. The van der Waals surface area contributed by atoms with E-state index in [9.17, 15) is 0 Å². The number of hydrogen-bond acceptors (Lipinski definition) is 4. The minimum atomic E-state index is 0. The molecule has 0 aliphatic carbocycles. The Morgan fingerprint density at radius 2 is 1.86 bits per heavy atom. The van der Waals surface area contributed by atoms with Gasteiger partial charge in [-0.15, -0.1) is 24.0 Å². The Morgan fingerprint density at radius 1 is 1.14 bits per heavy atom. The number of rotatable bonds is 9. The van der Waals surface area contributed by atoms with E-state index in [1.165, 1.54) is 5.56 Å². The van der Waals surface area contributed by atoms with Crippen LogP contribution in [0.5, 0.6) is 5.75 Å². The molecule has 0 aliphatic heterocycles. The topological polar surface area (TPSA) is 71.7 Å². The van der Waals surface area contributed by atoms with Gasteiger partial charge in [-0.1, -0.05) is 45.0 Å². The number of halogens is 1. The fourth-order valence-corrected chi connectivity index (χ4v) is 2.42. The first kappa shape index (κ1) is 24.3. The zero-order valence-corrected chi connectivity index (χ0v) is 19.8. The summed E-state index contributed by atoms with van der Waals surface area (Å²) in [5.74, 6) is 3.36. The maximum absolute atomic E-state index is 5.71. The van der Waals surface area contributed by atoms with Gasteiger partial charge >= 0.3 is 0 Å². The molecule has 0 atom stereocenters. The number of aromatic nitrogens is 1. The summed E-state index contributed by atoms with van der Waals surface area (Å²) in [6.07, 6.45) is 0.908. The molecule has 0 fully saturated rings. The lowest BCUT2D eigenvalue weighted by atomic mass is 10.1. The molecule has 0 bridgehead atoms. The van der Waals surface area contributed by atoms with Gasteiger partial charge in [-0.2, -0.15) is 0 Å². The van der Waals surface area contributed by atoms with Crippen molar-refractivity contribution in [1.82, 2.24) is 15.8 Å². The van der Waals surface area contributed by atoms with Gasteiger partial charge in [-0.3, -0.25) is 4.99 Å². The van der Waals surface area contributed by atoms with Gasteiger partial charge in [0.15, 0.2) is 11.7 Å². The highest BCUT2D eigenvalue weighted by Gasteiger charge is 2.08. The van der Waals surface area contributed by atoms with Gasteiger partial charge in [-0.25, -0.2) is 0 Å². The second-order valence-electron chi connectivity index (χ2n) is 7.32. The van der Waals surface area contributed by atoms with Crippen LogP contribution in [0.4, 0.5) is 0 Å². The number of nitrogens with zero attached hydrogens (tertiary/aromatic N) is 2. The summed E-state index contributed by atoms with van der Waals surface area (Å²) in [6.45, 7) is 10.6. The van der Waals surface area contributed by atoms with Crippen molar-refractivity contribution in [2.24, 2.45) is 10.9 Å². The molecular weight excluding hydrogens is 467 g/mol. The number of nitrogens with one attached hydrogen (secondary N) is 2. The molecule has 1 aromatic heterocycles. The third-order valence-corrected chi connectivity index (χ3v) is 4.04. The van der Waals surface area contributed by atoms with Crippen molar-refractivity contribution < 1.29 is 9.26 Å². The third kappa shape index (κ3) is 8.50. The minimum absolute atomic E-state index is 0. The molecule has 1 heterocycles. The predicted molar refractivity (Wildman–Crippen MR) is 125 cm³/mol. The van der Waals surface area contributed by atoms with Crippen LogP contribution in [0.25, 0.3) is 0 Å². The highest BCUT2D eigenvalue weighted by atomic mass is 127. The maximum atomic E-state index is 5.71. The van der Waals surface area contributed by atoms with Crippen molar-refractivity contribution in [3.8, 4) is 5.75 Å². The summed E-state index contributed by atoms with van der Waals surface area (Å²) >= 11 is 0. The molecule has 2 N–H and O–H groups in total. The molecule has 6 nitrogen and oxygen atoms in total. The van der Waals surface area contributed by atoms with E-state index in [4.69, 9.17) is 9.26 Å². The van der Waals surface area contributed by atoms with Gasteiger partial charge < -0.3 is 19.9 Å². The summed E-state index contributed by atoms with van der Waals surface area (Å²) in [7, 11) is 1.76. The van der Waals surface area contributed by atoms with Gasteiger partial charge in [0.1, 0.15) is 5.75 Å². The van der Waals surface area contributed by atoms with Gasteiger partial charge in [0.25, 0.3) is 0 Å². The Labute approximate surface area is 185 Å². The Morgan fingerprint density at radius 3 is 2.43 bits per heavy atom. The third-order valence-electron chi connectivity index (χ3n) is 4.04. The summed E-state index contributed by atoms with van der Waals surface area (Å²) in [5.41, 5.74) is 2.22. The summed E-state index contributed by atoms with van der Waals surface area (Å²) in [5, 5.41) is 10.6. The van der Waals surface area contributed by atoms with Crippen LogP contribution in [-0.4, -0.2) is 31.3 Å². The predicted octanol–water partition coefficient (Wildman–Crippen LogP) is 4.36. The molecule has 7 heteroatoms. The number of hydrogen-bond donors (Lipinski definition) is 2. The Bertz CT molecular complexity index is 711. The lowest BCUT2D eigenvalue weighted by molar-refractivity contribution is 0.271. The molecule has 0 radical (unpaired) electrons. The largest absolute Gasteiger partial charge is 0.493 e. The number of guanidine groups is 1. The van der Waals surface area contributed by atoms with Crippen LogP contribution >= 0.6 is 24.0 Å². The lowest BCUT2D eigenvalue weighted by Crippen LogP contribution is -2.37. The molecule has 0 unspecified atom stereocenters. The van der Waals surface area contributed by atoms with Crippen molar-refractivity contribution in [3.05, 3.63) is 47.3 Å². The average molecular weight is 500 g/mol.